The van der Waals surface area contributed by atoms with E-state index in [2.05, 4.69) is 0 Å². The number of Topliss-reactive ketones (excluding diaryl/α,β-unsaturated/α-hetero) is 2. The highest BCUT2D eigenvalue weighted by molar-refractivity contribution is 6.12. The molecule has 0 saturated heterocycles. The Balaban J connectivity index is 2.38. The van der Waals surface area contributed by atoms with Crippen LogP contribution in [0.15, 0.2) is 18.2 Å². The largest absolute Gasteiger partial charge is 0.489 e. The maximum Gasteiger partial charge on any atom is 0.308 e. The number of ether oxygens (including phenoxy) is 2. The zero-order chi connectivity index (χ0) is 14.2. The van der Waals surface area contributed by atoms with E-state index < -0.39 is 18.0 Å². The molecule has 5 heteroatoms. The average Bonchev–Trinajstić information content (AvgIpc) is 2.26. The summed E-state index contributed by atoms with van der Waals surface area (Å²) >= 11 is 0. The van der Waals surface area contributed by atoms with E-state index >= 15 is 0 Å². The van der Waals surface area contributed by atoms with Gasteiger partial charge in [0.05, 0.1) is 5.56 Å². The van der Waals surface area contributed by atoms with E-state index in [9.17, 15) is 14.4 Å². The molecule has 2 rings (SSSR count). The molecule has 0 aromatic heterocycles. The van der Waals surface area contributed by atoms with Crippen molar-refractivity contribution in [2.24, 2.45) is 5.92 Å². The van der Waals surface area contributed by atoms with Crippen LogP contribution >= 0.6 is 0 Å². The Morgan fingerprint density at radius 1 is 1.26 bits per heavy atom. The lowest BCUT2D eigenvalue weighted by Gasteiger charge is -2.28. The van der Waals surface area contributed by atoms with Crippen LogP contribution in [0.2, 0.25) is 0 Å². The third kappa shape index (κ3) is 2.50. The first-order valence-electron chi connectivity index (χ1n) is 5.94. The van der Waals surface area contributed by atoms with Gasteiger partial charge in [0.15, 0.2) is 5.78 Å². The molecular weight excluding hydrogens is 248 g/mol. The summed E-state index contributed by atoms with van der Waals surface area (Å²) in [6.07, 6.45) is -0.523. The van der Waals surface area contributed by atoms with Gasteiger partial charge in [0.2, 0.25) is 0 Å². The summed E-state index contributed by atoms with van der Waals surface area (Å²) in [6, 6.07) is 4.51. The van der Waals surface area contributed by atoms with Crippen LogP contribution in [0, 0.1) is 5.92 Å². The number of ketones is 2. The van der Waals surface area contributed by atoms with Crippen molar-refractivity contribution in [3.8, 4) is 11.5 Å². The number of rotatable bonds is 2. The molecule has 0 N–H and O–H groups in total. The summed E-state index contributed by atoms with van der Waals surface area (Å²) in [5.41, 5.74) is 0.342. The minimum absolute atomic E-state index is 0.216. The second kappa shape index (κ2) is 4.84. The Hall–Kier alpha value is -2.17. The van der Waals surface area contributed by atoms with E-state index in [0.29, 0.717) is 17.1 Å². The van der Waals surface area contributed by atoms with Crippen molar-refractivity contribution in [2.75, 3.05) is 0 Å². The predicted molar refractivity (Wildman–Crippen MR) is 66.3 cm³/mol. The van der Waals surface area contributed by atoms with Crippen LogP contribution in [0.4, 0.5) is 0 Å². The van der Waals surface area contributed by atoms with E-state index in [1.54, 1.807) is 6.92 Å². The molecular formula is C14H14O5. The van der Waals surface area contributed by atoms with Crippen LogP contribution in [0.1, 0.15) is 31.1 Å². The van der Waals surface area contributed by atoms with Crippen molar-refractivity contribution in [3.05, 3.63) is 23.8 Å². The summed E-state index contributed by atoms with van der Waals surface area (Å²) in [4.78, 5) is 34.5. The van der Waals surface area contributed by atoms with Crippen LogP contribution in [-0.2, 0) is 9.59 Å². The van der Waals surface area contributed by atoms with Crippen LogP contribution in [0.3, 0.4) is 0 Å². The Bertz CT molecular complexity index is 561. The number of hydrogen-bond donors (Lipinski definition) is 0. The molecule has 0 saturated carbocycles. The van der Waals surface area contributed by atoms with E-state index in [-0.39, 0.29) is 11.6 Å². The Morgan fingerprint density at radius 2 is 1.95 bits per heavy atom. The second-order valence-electron chi connectivity index (χ2n) is 4.53. The Labute approximate surface area is 110 Å². The number of carbonyl (C=O) groups excluding carboxylic acids is 3. The molecule has 100 valence electrons. The number of carbonyl (C=O) groups is 3. The van der Waals surface area contributed by atoms with Crippen LogP contribution in [0.25, 0.3) is 0 Å². The quantitative estimate of drug-likeness (QED) is 0.461. The van der Waals surface area contributed by atoms with E-state index in [1.807, 2.05) is 0 Å². The van der Waals surface area contributed by atoms with E-state index in [1.165, 1.54) is 32.0 Å². The molecule has 2 atom stereocenters. The van der Waals surface area contributed by atoms with Gasteiger partial charge in [0.25, 0.3) is 0 Å². The lowest BCUT2D eigenvalue weighted by atomic mass is 9.87. The topological polar surface area (TPSA) is 69.7 Å². The van der Waals surface area contributed by atoms with Crippen molar-refractivity contribution in [1.82, 2.24) is 0 Å². The fourth-order valence-corrected chi connectivity index (χ4v) is 2.20. The summed E-state index contributed by atoms with van der Waals surface area (Å²) in [7, 11) is 0. The van der Waals surface area contributed by atoms with Crippen LogP contribution in [-0.4, -0.2) is 23.6 Å². The zero-order valence-electron chi connectivity index (χ0n) is 10.9. The minimum Gasteiger partial charge on any atom is -0.489 e. The molecule has 0 amide bonds. The molecule has 0 aliphatic carbocycles. The normalized spacial score (nSPS) is 21.3. The molecule has 5 nitrogen and oxygen atoms in total. The Morgan fingerprint density at radius 3 is 2.53 bits per heavy atom. The van der Waals surface area contributed by atoms with Gasteiger partial charge in [-0.05, 0) is 26.0 Å². The fraction of sp³-hybridized carbons (Fsp3) is 0.357. The molecule has 0 fully saturated rings. The first kappa shape index (κ1) is 13.3. The SMILES string of the molecule is CC(=O)Oc1ccc2c(c1)O[C@H](C)[C@H](C(C)=O)C2=O. The number of hydrogen-bond acceptors (Lipinski definition) is 5. The van der Waals surface area contributed by atoms with Crippen LogP contribution in [0.5, 0.6) is 11.5 Å². The first-order valence-corrected chi connectivity index (χ1v) is 5.94. The predicted octanol–water partition coefficient (Wildman–Crippen LogP) is 1.78. The number of fused-ring (bicyclic) bond motifs is 1. The number of benzene rings is 1. The van der Waals surface area contributed by atoms with Crippen molar-refractivity contribution >= 4 is 17.5 Å². The van der Waals surface area contributed by atoms with E-state index in [0.717, 1.165) is 0 Å². The van der Waals surface area contributed by atoms with Crippen molar-refractivity contribution < 1.29 is 23.9 Å². The van der Waals surface area contributed by atoms with Gasteiger partial charge in [0, 0.05) is 13.0 Å². The maximum absolute atomic E-state index is 12.2. The molecule has 19 heavy (non-hydrogen) atoms. The van der Waals surface area contributed by atoms with Gasteiger partial charge in [-0.1, -0.05) is 0 Å². The van der Waals surface area contributed by atoms with E-state index in [4.69, 9.17) is 9.47 Å². The van der Waals surface area contributed by atoms with Crippen molar-refractivity contribution in [2.45, 2.75) is 26.9 Å². The van der Waals surface area contributed by atoms with Crippen LogP contribution < -0.4 is 9.47 Å². The van der Waals surface area contributed by atoms with Gasteiger partial charge in [-0.15, -0.1) is 0 Å². The van der Waals surface area contributed by atoms with Gasteiger partial charge in [-0.3, -0.25) is 14.4 Å². The average molecular weight is 262 g/mol. The summed E-state index contributed by atoms with van der Waals surface area (Å²) in [5, 5.41) is 0. The standard InChI is InChI=1S/C14H14O5/c1-7(15)13-8(2)18-12-6-10(19-9(3)16)4-5-11(12)14(13)17/h4-6,8,13H,1-3H3/t8-,13+/m1/s1. The van der Waals surface area contributed by atoms with Gasteiger partial charge in [0.1, 0.15) is 29.3 Å². The van der Waals surface area contributed by atoms with Crippen molar-refractivity contribution in [3.63, 3.8) is 0 Å². The highest BCUT2D eigenvalue weighted by atomic mass is 16.5. The summed E-state index contributed by atoms with van der Waals surface area (Å²) in [6.45, 7) is 4.34. The maximum atomic E-state index is 12.2. The summed E-state index contributed by atoms with van der Waals surface area (Å²) < 4.78 is 10.5. The highest BCUT2D eigenvalue weighted by Crippen LogP contribution is 2.34. The fourth-order valence-electron chi connectivity index (χ4n) is 2.20. The first-order chi connectivity index (χ1) is 8.90. The molecule has 0 radical (unpaired) electrons. The minimum atomic E-state index is -0.771. The molecule has 1 aromatic carbocycles. The molecule has 1 heterocycles. The highest BCUT2D eigenvalue weighted by Gasteiger charge is 2.37. The van der Waals surface area contributed by atoms with Crippen molar-refractivity contribution in [1.29, 1.82) is 0 Å². The summed E-state index contributed by atoms with van der Waals surface area (Å²) in [5.74, 6) is -1.03. The third-order valence-electron chi connectivity index (χ3n) is 2.98. The zero-order valence-corrected chi connectivity index (χ0v) is 10.9. The molecule has 0 unspecified atom stereocenters. The lowest BCUT2D eigenvalue weighted by molar-refractivity contribution is -0.131. The molecule has 0 spiro atoms. The molecule has 1 aromatic rings. The molecule has 0 bridgehead atoms. The van der Waals surface area contributed by atoms with Gasteiger partial charge in [-0.25, -0.2) is 0 Å². The molecule has 1 aliphatic heterocycles. The second-order valence-corrected chi connectivity index (χ2v) is 4.53. The lowest BCUT2D eigenvalue weighted by Crippen LogP contribution is -2.39. The Kier molecular flexibility index (Phi) is 3.38. The smallest absolute Gasteiger partial charge is 0.308 e. The monoisotopic (exact) mass is 262 g/mol. The van der Waals surface area contributed by atoms with Gasteiger partial charge >= 0.3 is 5.97 Å². The number of esters is 1. The van der Waals surface area contributed by atoms with Gasteiger partial charge < -0.3 is 9.47 Å². The third-order valence-corrected chi connectivity index (χ3v) is 2.98. The van der Waals surface area contributed by atoms with Gasteiger partial charge in [-0.2, -0.15) is 0 Å². The molecule has 1 aliphatic rings.